The molecule has 0 spiro atoms. The van der Waals surface area contributed by atoms with E-state index >= 15 is 0 Å². The van der Waals surface area contributed by atoms with E-state index in [1.807, 2.05) is 0 Å². The minimum atomic E-state index is -0.240. The van der Waals surface area contributed by atoms with Crippen LogP contribution in [0.15, 0.2) is 23.8 Å². The van der Waals surface area contributed by atoms with Gasteiger partial charge in [-0.15, -0.1) is 6.58 Å². The Morgan fingerprint density at radius 1 is 1.48 bits per heavy atom. The van der Waals surface area contributed by atoms with E-state index in [-0.39, 0.29) is 18.0 Å². The predicted molar refractivity (Wildman–Crippen MR) is 90.3 cm³/mol. The topological polar surface area (TPSA) is 69.4 Å². The van der Waals surface area contributed by atoms with E-state index in [1.54, 1.807) is 15.5 Å². The molecule has 1 amide bonds. The highest BCUT2D eigenvalue weighted by molar-refractivity contribution is 7.73. The smallest absolute Gasteiger partial charge is 0.273 e. The maximum absolute atomic E-state index is 12.6. The highest BCUT2D eigenvalue weighted by Gasteiger charge is 2.19. The number of carbonyl (C=O) groups excluding carboxylic acids is 1. The van der Waals surface area contributed by atoms with Crippen LogP contribution in [0.1, 0.15) is 0 Å². The lowest BCUT2D eigenvalue weighted by atomic mass is 10.4. The highest BCUT2D eigenvalue weighted by Crippen LogP contribution is 2.17. The van der Waals surface area contributed by atoms with Crippen LogP contribution in [0, 0.1) is 3.95 Å². The quantitative estimate of drug-likeness (QED) is 0.607. The number of amides is 1. The molecule has 0 atom stereocenters. The number of morpholine rings is 1. The Labute approximate surface area is 141 Å². The van der Waals surface area contributed by atoms with Crippen LogP contribution in [0.5, 0.6) is 0 Å². The number of allylic oxidation sites excluding steroid dienone is 1. The number of hydrogen-bond acceptors (Lipinski definition) is 6. The zero-order chi connectivity index (χ0) is 16.4. The largest absolute Gasteiger partial charge is 0.378 e. The summed E-state index contributed by atoms with van der Waals surface area (Å²) in [5.74, 6) is -0.106. The number of thiazole rings is 1. The number of nitrogens with zero attached hydrogens (tertiary/aromatic N) is 4. The van der Waals surface area contributed by atoms with Gasteiger partial charge in [0.2, 0.25) is 5.91 Å². The minimum absolute atomic E-state index is 0.0199. The van der Waals surface area contributed by atoms with Gasteiger partial charge in [0, 0.05) is 19.6 Å². The zero-order valence-corrected chi connectivity index (χ0v) is 14.1. The highest BCUT2D eigenvalue weighted by atomic mass is 32.1. The third-order valence-corrected chi connectivity index (χ3v) is 5.05. The van der Waals surface area contributed by atoms with Gasteiger partial charge in [-0.05, 0) is 12.2 Å². The molecule has 1 fully saturated rings. The lowest BCUT2D eigenvalue weighted by Gasteiger charge is -2.26. The van der Waals surface area contributed by atoms with Crippen molar-refractivity contribution in [3.63, 3.8) is 0 Å². The maximum atomic E-state index is 12.6. The Kier molecular flexibility index (Phi) is 4.69. The van der Waals surface area contributed by atoms with Gasteiger partial charge in [0.05, 0.1) is 13.2 Å². The summed E-state index contributed by atoms with van der Waals surface area (Å²) in [7, 11) is 0. The summed E-state index contributed by atoms with van der Waals surface area (Å²) in [4.78, 5) is 30.9. The number of fused-ring (bicyclic) bond motifs is 1. The molecule has 2 aromatic heterocycles. The third-order valence-electron chi connectivity index (χ3n) is 3.62. The monoisotopic (exact) mass is 352 g/mol. The molecular formula is C14H16N4O3S2. The number of ether oxygens (including phenoxy) is 1. The lowest BCUT2D eigenvalue weighted by Crippen LogP contribution is -2.43. The number of aromatic nitrogens is 3. The normalized spacial score (nSPS) is 15.0. The Morgan fingerprint density at radius 2 is 2.22 bits per heavy atom. The van der Waals surface area contributed by atoms with Crippen molar-refractivity contribution >= 4 is 39.8 Å². The first-order chi connectivity index (χ1) is 11.1. The van der Waals surface area contributed by atoms with E-state index < -0.39 is 0 Å². The van der Waals surface area contributed by atoms with Gasteiger partial charge in [0.25, 0.3) is 5.56 Å². The van der Waals surface area contributed by atoms with Gasteiger partial charge in [0.15, 0.2) is 9.60 Å². The van der Waals surface area contributed by atoms with Crippen molar-refractivity contribution in [3.05, 3.63) is 33.3 Å². The van der Waals surface area contributed by atoms with E-state index in [0.29, 0.717) is 47.1 Å². The zero-order valence-electron chi connectivity index (χ0n) is 12.4. The molecule has 23 heavy (non-hydrogen) atoms. The van der Waals surface area contributed by atoms with Gasteiger partial charge in [0.1, 0.15) is 17.6 Å². The van der Waals surface area contributed by atoms with Crippen molar-refractivity contribution in [1.82, 2.24) is 19.0 Å². The molecule has 3 heterocycles. The molecular weight excluding hydrogens is 336 g/mol. The average Bonchev–Trinajstić information content (AvgIpc) is 2.88. The third kappa shape index (κ3) is 3.12. The van der Waals surface area contributed by atoms with Gasteiger partial charge in [-0.25, -0.2) is 4.98 Å². The molecule has 122 valence electrons. The van der Waals surface area contributed by atoms with E-state index in [9.17, 15) is 9.59 Å². The average molecular weight is 352 g/mol. The van der Waals surface area contributed by atoms with E-state index in [2.05, 4.69) is 11.6 Å². The molecule has 1 aliphatic heterocycles. The van der Waals surface area contributed by atoms with E-state index in [0.717, 1.165) is 0 Å². The van der Waals surface area contributed by atoms with Crippen LogP contribution in [0.3, 0.4) is 0 Å². The van der Waals surface area contributed by atoms with Gasteiger partial charge >= 0.3 is 0 Å². The molecule has 0 aliphatic carbocycles. The van der Waals surface area contributed by atoms with Gasteiger partial charge in [-0.3, -0.25) is 14.2 Å². The fraction of sp³-hybridized carbons (Fsp3) is 0.429. The van der Waals surface area contributed by atoms with Crippen molar-refractivity contribution < 1.29 is 9.53 Å². The van der Waals surface area contributed by atoms with Crippen molar-refractivity contribution in [1.29, 1.82) is 0 Å². The lowest BCUT2D eigenvalue weighted by molar-refractivity contribution is -0.135. The van der Waals surface area contributed by atoms with E-state index in [1.165, 1.54) is 22.2 Å². The second kappa shape index (κ2) is 6.73. The molecule has 7 nitrogen and oxygen atoms in total. The number of carbonyl (C=O) groups is 1. The van der Waals surface area contributed by atoms with Crippen LogP contribution in [-0.2, 0) is 22.6 Å². The summed E-state index contributed by atoms with van der Waals surface area (Å²) in [6.45, 7) is 6.33. The Balaban J connectivity index is 1.92. The molecule has 1 saturated heterocycles. The molecule has 9 heteroatoms. The molecule has 0 bridgehead atoms. The van der Waals surface area contributed by atoms with Crippen molar-refractivity contribution in [3.8, 4) is 0 Å². The summed E-state index contributed by atoms with van der Waals surface area (Å²) < 4.78 is 9.36. The Hall–Kier alpha value is -1.84. The first kappa shape index (κ1) is 16.0. The van der Waals surface area contributed by atoms with Crippen LogP contribution in [0.25, 0.3) is 10.3 Å². The fourth-order valence-corrected chi connectivity index (χ4v) is 3.75. The van der Waals surface area contributed by atoms with Gasteiger partial charge < -0.3 is 14.2 Å². The molecule has 0 radical (unpaired) electrons. The molecule has 0 saturated carbocycles. The first-order valence-electron chi connectivity index (χ1n) is 7.17. The number of rotatable bonds is 4. The number of hydrogen-bond donors (Lipinski definition) is 0. The second-order valence-electron chi connectivity index (χ2n) is 5.09. The molecule has 1 aliphatic rings. The fourth-order valence-electron chi connectivity index (χ4n) is 2.43. The predicted octanol–water partition coefficient (Wildman–Crippen LogP) is 1.03. The summed E-state index contributed by atoms with van der Waals surface area (Å²) in [5, 5.41) is 0. The summed E-state index contributed by atoms with van der Waals surface area (Å²) in [5.41, 5.74) is 0.301. The molecule has 0 N–H and O–H groups in total. The van der Waals surface area contributed by atoms with E-state index in [4.69, 9.17) is 17.0 Å². The Morgan fingerprint density at radius 3 is 2.91 bits per heavy atom. The van der Waals surface area contributed by atoms with Crippen molar-refractivity contribution in [2.45, 2.75) is 13.1 Å². The van der Waals surface area contributed by atoms with Crippen LogP contribution < -0.4 is 5.56 Å². The molecule has 0 unspecified atom stereocenters. The molecule has 0 aromatic carbocycles. The van der Waals surface area contributed by atoms with Crippen LogP contribution in [-0.4, -0.2) is 51.2 Å². The minimum Gasteiger partial charge on any atom is -0.378 e. The molecule has 3 rings (SSSR count). The summed E-state index contributed by atoms with van der Waals surface area (Å²) in [6, 6.07) is 0. The van der Waals surface area contributed by atoms with Crippen LogP contribution in [0.4, 0.5) is 0 Å². The SMILES string of the molecule is C=CCn1c(=S)sc2c(=O)n(CC(=O)N3CCOCC3)cnc21. The van der Waals surface area contributed by atoms with Gasteiger partial charge in [-0.2, -0.15) is 0 Å². The molecule has 2 aromatic rings. The van der Waals surface area contributed by atoms with Crippen molar-refractivity contribution in [2.24, 2.45) is 0 Å². The Bertz CT molecular complexity index is 861. The summed E-state index contributed by atoms with van der Waals surface area (Å²) in [6.07, 6.45) is 3.11. The van der Waals surface area contributed by atoms with Crippen molar-refractivity contribution in [2.75, 3.05) is 26.3 Å². The first-order valence-corrected chi connectivity index (χ1v) is 8.39. The second-order valence-corrected chi connectivity index (χ2v) is 6.73. The standard InChI is InChI=1S/C14H16N4O3S2/c1-2-3-18-12-11(23-14(18)22)13(20)17(9-15-12)8-10(19)16-4-6-21-7-5-16/h2,9H,1,3-8H2. The van der Waals surface area contributed by atoms with Crippen LogP contribution in [0.2, 0.25) is 0 Å². The van der Waals surface area contributed by atoms with Gasteiger partial charge in [-0.1, -0.05) is 17.4 Å². The maximum Gasteiger partial charge on any atom is 0.273 e. The summed E-state index contributed by atoms with van der Waals surface area (Å²) >= 11 is 6.48. The van der Waals surface area contributed by atoms with Crippen LogP contribution >= 0.6 is 23.6 Å².